The summed E-state index contributed by atoms with van der Waals surface area (Å²) < 4.78 is 0. The van der Waals surface area contributed by atoms with E-state index in [9.17, 15) is 14.9 Å². The van der Waals surface area contributed by atoms with Crippen molar-refractivity contribution in [1.29, 1.82) is 5.26 Å². The molecule has 1 fully saturated rings. The lowest BCUT2D eigenvalue weighted by Crippen LogP contribution is -2.57. The number of rotatable bonds is 2. The van der Waals surface area contributed by atoms with Crippen molar-refractivity contribution in [1.82, 2.24) is 9.88 Å². The Morgan fingerprint density at radius 1 is 1.17 bits per heavy atom. The average Bonchev–Trinajstić information content (AvgIpc) is 2.74. The van der Waals surface area contributed by atoms with Gasteiger partial charge < -0.3 is 9.80 Å². The third kappa shape index (κ3) is 3.39. The van der Waals surface area contributed by atoms with E-state index < -0.39 is 0 Å². The molecule has 0 unspecified atom stereocenters. The van der Waals surface area contributed by atoms with E-state index >= 15 is 0 Å². The predicted octanol–water partition coefficient (Wildman–Crippen LogP) is 3.60. The second-order valence-corrected chi connectivity index (χ2v) is 7.73. The second kappa shape index (κ2) is 7.60. The minimum Gasteiger partial charge on any atom is -0.325 e. The molecule has 6 nitrogen and oxygen atoms in total. The maximum absolute atomic E-state index is 13.2. The zero-order chi connectivity index (χ0) is 21.4. The molecule has 0 N–H and O–H groups in total. The number of hydrogen-bond acceptors (Lipinski definition) is 4. The highest BCUT2D eigenvalue weighted by Crippen LogP contribution is 2.26. The van der Waals surface area contributed by atoms with Crippen molar-refractivity contribution >= 4 is 28.4 Å². The molecule has 30 heavy (non-hydrogen) atoms. The maximum atomic E-state index is 13.2. The Hall–Kier alpha value is -3.72. The summed E-state index contributed by atoms with van der Waals surface area (Å²) in [5, 5.41) is 10.4. The van der Waals surface area contributed by atoms with Crippen LogP contribution in [0.1, 0.15) is 34.1 Å². The van der Waals surface area contributed by atoms with Gasteiger partial charge in [-0.05, 0) is 56.7 Å². The lowest BCUT2D eigenvalue weighted by Gasteiger charge is -2.39. The van der Waals surface area contributed by atoms with Crippen molar-refractivity contribution in [2.45, 2.75) is 26.8 Å². The van der Waals surface area contributed by atoms with Crippen molar-refractivity contribution < 1.29 is 9.59 Å². The molecule has 2 heterocycles. The number of aromatic nitrogens is 1. The molecule has 1 saturated heterocycles. The second-order valence-electron chi connectivity index (χ2n) is 7.73. The number of benzene rings is 2. The highest BCUT2D eigenvalue weighted by Gasteiger charge is 2.34. The summed E-state index contributed by atoms with van der Waals surface area (Å²) in [5.41, 5.74) is 4.35. The molecular formula is C24H22N4O2. The summed E-state index contributed by atoms with van der Waals surface area (Å²) in [4.78, 5) is 33.8. The van der Waals surface area contributed by atoms with Gasteiger partial charge in [0.05, 0.1) is 16.8 Å². The van der Waals surface area contributed by atoms with Crippen LogP contribution in [0.3, 0.4) is 0 Å². The summed E-state index contributed by atoms with van der Waals surface area (Å²) >= 11 is 0. The Morgan fingerprint density at radius 2 is 1.93 bits per heavy atom. The molecule has 2 amide bonds. The summed E-state index contributed by atoms with van der Waals surface area (Å²) in [5.74, 6) is -0.387. The quantitative estimate of drug-likeness (QED) is 0.661. The van der Waals surface area contributed by atoms with Gasteiger partial charge in [0.15, 0.2) is 0 Å². The third-order valence-corrected chi connectivity index (χ3v) is 5.55. The Bertz CT molecular complexity index is 1210. The summed E-state index contributed by atoms with van der Waals surface area (Å²) in [6.45, 7) is 6.18. The maximum Gasteiger partial charge on any atom is 0.254 e. The van der Waals surface area contributed by atoms with E-state index in [0.717, 1.165) is 22.2 Å². The van der Waals surface area contributed by atoms with Crippen LogP contribution in [0.4, 0.5) is 5.69 Å². The van der Waals surface area contributed by atoms with Gasteiger partial charge in [0.25, 0.3) is 5.91 Å². The first-order chi connectivity index (χ1) is 14.4. The SMILES string of the molecule is Cc1cc(C)c2ccc(C(=O)N3CC(=O)N(c4ccccc4C#N)C[C@@H]3C)cc2n1. The number of nitriles is 1. The Balaban J connectivity index is 1.61. The van der Waals surface area contributed by atoms with Gasteiger partial charge in [-0.3, -0.25) is 14.6 Å². The Kier molecular flexibility index (Phi) is 4.96. The normalized spacial score (nSPS) is 16.6. The van der Waals surface area contributed by atoms with Gasteiger partial charge in [0.1, 0.15) is 12.6 Å². The first-order valence-corrected chi connectivity index (χ1v) is 9.87. The highest BCUT2D eigenvalue weighted by atomic mass is 16.2. The van der Waals surface area contributed by atoms with Gasteiger partial charge in [0, 0.05) is 29.2 Å². The van der Waals surface area contributed by atoms with E-state index in [1.165, 1.54) is 0 Å². The number of nitrogens with zero attached hydrogens (tertiary/aromatic N) is 4. The van der Waals surface area contributed by atoms with Crippen LogP contribution in [0.2, 0.25) is 0 Å². The minimum atomic E-state index is -0.199. The first-order valence-electron chi connectivity index (χ1n) is 9.87. The largest absolute Gasteiger partial charge is 0.325 e. The standard InChI is InChI=1S/C24H22N4O2/c1-15-10-16(2)26-21-11-18(8-9-20(15)21)24(30)27-14-23(29)28(13-17(27)3)22-7-5-4-6-19(22)12-25/h4-11,17H,13-14H2,1-3H3/t17-/m0/s1. The monoisotopic (exact) mass is 398 g/mol. The summed E-state index contributed by atoms with van der Waals surface area (Å²) in [7, 11) is 0. The number of para-hydroxylation sites is 1. The topological polar surface area (TPSA) is 77.3 Å². The zero-order valence-corrected chi connectivity index (χ0v) is 17.2. The molecule has 0 saturated carbocycles. The van der Waals surface area contributed by atoms with Gasteiger partial charge in [0.2, 0.25) is 5.91 Å². The van der Waals surface area contributed by atoms with Crippen LogP contribution >= 0.6 is 0 Å². The third-order valence-electron chi connectivity index (χ3n) is 5.55. The molecule has 1 atom stereocenters. The first kappa shape index (κ1) is 19.6. The smallest absolute Gasteiger partial charge is 0.254 e. The number of hydrogen-bond donors (Lipinski definition) is 0. The Labute approximate surface area is 175 Å². The summed E-state index contributed by atoms with van der Waals surface area (Å²) in [6, 6.07) is 16.5. The molecule has 6 heteroatoms. The van der Waals surface area contributed by atoms with Gasteiger partial charge in [-0.2, -0.15) is 5.26 Å². The minimum absolute atomic E-state index is 0.0297. The Morgan fingerprint density at radius 3 is 2.70 bits per heavy atom. The molecule has 1 aliphatic heterocycles. The molecule has 0 radical (unpaired) electrons. The van der Waals surface area contributed by atoms with Crippen LogP contribution in [-0.4, -0.2) is 40.8 Å². The molecule has 4 rings (SSSR count). The van der Waals surface area contributed by atoms with Crippen molar-refractivity contribution in [2.24, 2.45) is 0 Å². The van der Waals surface area contributed by atoms with Crippen LogP contribution in [0.5, 0.6) is 0 Å². The number of amides is 2. The van der Waals surface area contributed by atoms with Crippen molar-refractivity contribution in [3.05, 3.63) is 70.9 Å². The molecule has 0 spiro atoms. The van der Waals surface area contributed by atoms with E-state index in [0.29, 0.717) is 23.4 Å². The van der Waals surface area contributed by atoms with Gasteiger partial charge in [-0.15, -0.1) is 0 Å². The van der Waals surface area contributed by atoms with E-state index in [2.05, 4.69) is 11.1 Å². The van der Waals surface area contributed by atoms with Gasteiger partial charge in [-0.25, -0.2) is 0 Å². The molecule has 150 valence electrons. The van der Waals surface area contributed by atoms with Crippen LogP contribution in [0.25, 0.3) is 10.9 Å². The van der Waals surface area contributed by atoms with Crippen LogP contribution in [0, 0.1) is 25.2 Å². The molecular weight excluding hydrogens is 376 g/mol. The fourth-order valence-corrected chi connectivity index (χ4v) is 4.03. The van der Waals surface area contributed by atoms with Gasteiger partial charge >= 0.3 is 0 Å². The molecule has 2 aromatic carbocycles. The fourth-order valence-electron chi connectivity index (χ4n) is 4.03. The molecule has 1 aliphatic rings. The van der Waals surface area contributed by atoms with Gasteiger partial charge in [-0.1, -0.05) is 18.2 Å². The zero-order valence-electron chi connectivity index (χ0n) is 17.2. The highest BCUT2D eigenvalue weighted by molar-refractivity contribution is 6.03. The number of anilines is 1. The van der Waals surface area contributed by atoms with E-state index in [1.807, 2.05) is 32.9 Å². The van der Waals surface area contributed by atoms with Crippen LogP contribution in [-0.2, 0) is 4.79 Å². The predicted molar refractivity (Wildman–Crippen MR) is 115 cm³/mol. The van der Waals surface area contributed by atoms with E-state index in [1.54, 1.807) is 46.2 Å². The number of aryl methyl sites for hydroxylation is 2. The number of piperazine rings is 1. The summed E-state index contributed by atoms with van der Waals surface area (Å²) in [6.07, 6.45) is 0. The number of carbonyl (C=O) groups is 2. The van der Waals surface area contributed by atoms with E-state index in [-0.39, 0.29) is 24.4 Å². The molecule has 0 bridgehead atoms. The lowest BCUT2D eigenvalue weighted by molar-refractivity contribution is -0.121. The van der Waals surface area contributed by atoms with Crippen LogP contribution < -0.4 is 4.90 Å². The molecule has 1 aromatic heterocycles. The van der Waals surface area contributed by atoms with Crippen molar-refractivity contribution in [3.63, 3.8) is 0 Å². The number of fused-ring (bicyclic) bond motifs is 1. The van der Waals surface area contributed by atoms with Crippen molar-refractivity contribution in [3.8, 4) is 6.07 Å². The van der Waals surface area contributed by atoms with Crippen molar-refractivity contribution in [2.75, 3.05) is 18.0 Å². The number of pyridine rings is 1. The number of carbonyl (C=O) groups excluding carboxylic acids is 2. The van der Waals surface area contributed by atoms with Crippen LogP contribution in [0.15, 0.2) is 48.5 Å². The van der Waals surface area contributed by atoms with E-state index in [4.69, 9.17) is 0 Å². The average molecular weight is 398 g/mol. The molecule has 3 aromatic rings. The molecule has 0 aliphatic carbocycles. The fraction of sp³-hybridized carbons (Fsp3) is 0.250. The lowest BCUT2D eigenvalue weighted by atomic mass is 10.0.